The fourth-order valence-corrected chi connectivity index (χ4v) is 3.37. The largest absolute Gasteiger partial charge is 0.287 e. The van der Waals surface area contributed by atoms with Gasteiger partial charge in [-0.15, -0.1) is 0 Å². The first-order chi connectivity index (χ1) is 12.7. The van der Waals surface area contributed by atoms with Crippen LogP contribution in [0.1, 0.15) is 16.1 Å². The summed E-state index contributed by atoms with van der Waals surface area (Å²) >= 11 is 3.51. The van der Waals surface area contributed by atoms with Gasteiger partial charge in [-0.2, -0.15) is 5.10 Å². The Morgan fingerprint density at radius 3 is 2.15 bits per heavy atom. The predicted molar refractivity (Wildman–Crippen MR) is 107 cm³/mol. The van der Waals surface area contributed by atoms with E-state index in [1.54, 1.807) is 0 Å². The van der Waals surface area contributed by atoms with Crippen LogP contribution in [0.3, 0.4) is 0 Å². The van der Waals surface area contributed by atoms with E-state index in [0.29, 0.717) is 11.3 Å². The van der Waals surface area contributed by atoms with Crippen LogP contribution >= 0.6 is 15.9 Å². The van der Waals surface area contributed by atoms with E-state index < -0.39 is 0 Å². The van der Waals surface area contributed by atoms with Crippen LogP contribution in [0.15, 0.2) is 89.4 Å². The van der Waals surface area contributed by atoms with Gasteiger partial charge in [-0.25, -0.2) is 0 Å². The quantitative estimate of drug-likeness (QED) is 0.442. The van der Waals surface area contributed by atoms with E-state index in [9.17, 15) is 4.79 Å². The summed E-state index contributed by atoms with van der Waals surface area (Å²) < 4.78 is 0.972. The van der Waals surface area contributed by atoms with E-state index in [0.717, 1.165) is 26.9 Å². The molecule has 0 amide bonds. The van der Waals surface area contributed by atoms with Crippen molar-refractivity contribution < 1.29 is 4.79 Å². The molecule has 0 aliphatic carbocycles. The van der Waals surface area contributed by atoms with Crippen molar-refractivity contribution >= 4 is 21.7 Å². The van der Waals surface area contributed by atoms with E-state index in [1.165, 1.54) is 0 Å². The minimum absolute atomic E-state index is 0.0954. The Labute approximate surface area is 159 Å². The minimum Gasteiger partial charge on any atom is -0.287 e. The molecule has 126 valence electrons. The van der Waals surface area contributed by atoms with Crippen molar-refractivity contribution in [3.8, 4) is 22.4 Å². The fraction of sp³-hybridized carbons (Fsp3) is 0. The van der Waals surface area contributed by atoms with Gasteiger partial charge < -0.3 is 0 Å². The molecule has 0 atom stereocenters. The maximum absolute atomic E-state index is 13.1. The number of nitrogens with one attached hydrogen (secondary N) is 1. The summed E-state index contributed by atoms with van der Waals surface area (Å²) in [4.78, 5) is 13.1. The molecule has 0 saturated heterocycles. The van der Waals surface area contributed by atoms with Crippen LogP contribution in [-0.4, -0.2) is 16.0 Å². The highest BCUT2D eigenvalue weighted by Crippen LogP contribution is 2.35. The topological polar surface area (TPSA) is 45.8 Å². The maximum atomic E-state index is 13.1. The SMILES string of the molecule is O=C(c1ccccc1)c1n[nH]c(-c2cccc(Br)c2)c1-c1ccccc1. The van der Waals surface area contributed by atoms with Crippen molar-refractivity contribution in [3.05, 3.63) is 101 Å². The third-order valence-corrected chi connectivity index (χ3v) is 4.69. The number of carbonyl (C=O) groups is 1. The van der Waals surface area contributed by atoms with Crippen LogP contribution < -0.4 is 0 Å². The molecule has 0 unspecified atom stereocenters. The second kappa shape index (κ2) is 7.10. The Morgan fingerprint density at radius 2 is 1.46 bits per heavy atom. The second-order valence-corrected chi connectivity index (χ2v) is 6.81. The van der Waals surface area contributed by atoms with Gasteiger partial charge in [0, 0.05) is 21.2 Å². The number of halogens is 1. The van der Waals surface area contributed by atoms with Crippen LogP contribution in [0.2, 0.25) is 0 Å². The number of aromatic nitrogens is 2. The molecule has 0 spiro atoms. The molecule has 4 heteroatoms. The Morgan fingerprint density at radius 1 is 0.808 bits per heavy atom. The average Bonchev–Trinajstić information content (AvgIpc) is 3.14. The normalized spacial score (nSPS) is 10.7. The second-order valence-electron chi connectivity index (χ2n) is 5.89. The van der Waals surface area contributed by atoms with Crippen molar-refractivity contribution in [2.75, 3.05) is 0 Å². The van der Waals surface area contributed by atoms with E-state index in [1.807, 2.05) is 84.9 Å². The van der Waals surface area contributed by atoms with Gasteiger partial charge in [-0.3, -0.25) is 9.89 Å². The minimum atomic E-state index is -0.0954. The Kier molecular flexibility index (Phi) is 4.50. The van der Waals surface area contributed by atoms with Gasteiger partial charge in [0.25, 0.3) is 0 Å². The molecule has 0 saturated carbocycles. The standard InChI is InChI=1S/C22H15BrN2O/c23-18-13-7-12-17(14-18)20-19(15-8-3-1-4-9-15)21(25-24-20)22(26)16-10-5-2-6-11-16/h1-14H,(H,24,25). The lowest BCUT2D eigenvalue weighted by Gasteiger charge is -2.07. The van der Waals surface area contributed by atoms with Gasteiger partial charge >= 0.3 is 0 Å². The van der Waals surface area contributed by atoms with E-state index in [2.05, 4.69) is 26.1 Å². The number of rotatable bonds is 4. The van der Waals surface area contributed by atoms with E-state index in [4.69, 9.17) is 0 Å². The molecule has 4 aromatic rings. The zero-order valence-corrected chi connectivity index (χ0v) is 15.4. The van der Waals surface area contributed by atoms with Crippen LogP contribution in [0.25, 0.3) is 22.4 Å². The summed E-state index contributed by atoms with van der Waals surface area (Å²) in [6, 6.07) is 27.1. The highest BCUT2D eigenvalue weighted by molar-refractivity contribution is 9.10. The molecule has 4 rings (SSSR count). The summed E-state index contributed by atoms with van der Waals surface area (Å²) in [6.07, 6.45) is 0. The molecule has 1 aromatic heterocycles. The highest BCUT2D eigenvalue weighted by Gasteiger charge is 2.22. The van der Waals surface area contributed by atoms with Crippen molar-refractivity contribution in [2.45, 2.75) is 0 Å². The molecule has 1 N–H and O–H groups in total. The third-order valence-electron chi connectivity index (χ3n) is 4.19. The number of hydrogen-bond donors (Lipinski definition) is 1. The number of hydrogen-bond acceptors (Lipinski definition) is 2. The maximum Gasteiger partial charge on any atom is 0.213 e. The third kappa shape index (κ3) is 3.11. The molecule has 0 aliphatic heterocycles. The van der Waals surface area contributed by atoms with Crippen molar-refractivity contribution in [3.63, 3.8) is 0 Å². The van der Waals surface area contributed by atoms with Gasteiger partial charge in [-0.05, 0) is 17.7 Å². The molecular formula is C22H15BrN2O. The fourth-order valence-electron chi connectivity index (χ4n) is 2.97. The van der Waals surface area contributed by atoms with Crippen molar-refractivity contribution in [2.24, 2.45) is 0 Å². The number of nitrogens with zero attached hydrogens (tertiary/aromatic N) is 1. The molecule has 1 heterocycles. The Hall–Kier alpha value is -2.98. The number of H-pyrrole nitrogens is 1. The van der Waals surface area contributed by atoms with Crippen LogP contribution in [-0.2, 0) is 0 Å². The van der Waals surface area contributed by atoms with Crippen molar-refractivity contribution in [1.82, 2.24) is 10.2 Å². The molecule has 3 aromatic carbocycles. The number of carbonyl (C=O) groups excluding carboxylic acids is 1. The van der Waals surface area contributed by atoms with Crippen LogP contribution in [0.4, 0.5) is 0 Å². The van der Waals surface area contributed by atoms with E-state index >= 15 is 0 Å². The lowest BCUT2D eigenvalue weighted by molar-refractivity contribution is 0.103. The summed E-state index contributed by atoms with van der Waals surface area (Å²) in [5, 5.41) is 7.46. The van der Waals surface area contributed by atoms with Gasteiger partial charge in [-0.1, -0.05) is 88.7 Å². The average molecular weight is 403 g/mol. The lowest BCUT2D eigenvalue weighted by atomic mass is 9.95. The number of ketones is 1. The molecule has 0 aliphatic rings. The number of benzene rings is 3. The first-order valence-electron chi connectivity index (χ1n) is 8.23. The van der Waals surface area contributed by atoms with Crippen molar-refractivity contribution in [1.29, 1.82) is 0 Å². The first-order valence-corrected chi connectivity index (χ1v) is 9.03. The number of aromatic amines is 1. The smallest absolute Gasteiger partial charge is 0.213 e. The Bertz CT molecular complexity index is 1060. The molecule has 0 radical (unpaired) electrons. The zero-order chi connectivity index (χ0) is 17.9. The summed E-state index contributed by atoms with van der Waals surface area (Å²) in [5.74, 6) is -0.0954. The van der Waals surface area contributed by atoms with Gasteiger partial charge in [0.1, 0.15) is 5.69 Å². The van der Waals surface area contributed by atoms with E-state index in [-0.39, 0.29) is 5.78 Å². The first kappa shape index (κ1) is 16.5. The predicted octanol–water partition coefficient (Wildman–Crippen LogP) is 5.74. The summed E-state index contributed by atoms with van der Waals surface area (Å²) in [6.45, 7) is 0. The summed E-state index contributed by atoms with van der Waals surface area (Å²) in [7, 11) is 0. The molecule has 3 nitrogen and oxygen atoms in total. The Balaban J connectivity index is 1.92. The zero-order valence-electron chi connectivity index (χ0n) is 13.8. The summed E-state index contributed by atoms with van der Waals surface area (Å²) in [5.41, 5.74) is 4.62. The molecule has 0 bridgehead atoms. The van der Waals surface area contributed by atoms with Gasteiger partial charge in [0.15, 0.2) is 0 Å². The molecule has 26 heavy (non-hydrogen) atoms. The lowest BCUT2D eigenvalue weighted by Crippen LogP contribution is -2.03. The van der Waals surface area contributed by atoms with Crippen LogP contribution in [0.5, 0.6) is 0 Å². The molecular weight excluding hydrogens is 388 g/mol. The van der Waals surface area contributed by atoms with Crippen LogP contribution in [0, 0.1) is 0 Å². The van der Waals surface area contributed by atoms with Gasteiger partial charge in [0.2, 0.25) is 5.78 Å². The molecule has 0 fully saturated rings. The highest BCUT2D eigenvalue weighted by atomic mass is 79.9. The monoisotopic (exact) mass is 402 g/mol. The van der Waals surface area contributed by atoms with Gasteiger partial charge in [0.05, 0.1) is 5.69 Å².